The highest BCUT2D eigenvalue weighted by molar-refractivity contribution is 5.78. The number of nitrogens with zero attached hydrogens (tertiary/aromatic N) is 1. The Morgan fingerprint density at radius 2 is 2.00 bits per heavy atom. The first kappa shape index (κ1) is 9.72. The first-order valence-electron chi connectivity index (χ1n) is 4.78. The molecule has 1 aliphatic rings. The number of carbonyl (C=O) groups is 1. The van der Waals surface area contributed by atoms with Gasteiger partial charge in [-0.2, -0.15) is 0 Å². The van der Waals surface area contributed by atoms with E-state index in [1.807, 2.05) is 0 Å². The summed E-state index contributed by atoms with van der Waals surface area (Å²) in [5, 5.41) is 0. The largest absolute Gasteiger partial charge is 0.306 e. The predicted molar refractivity (Wildman–Crippen MR) is 50.1 cm³/mol. The molecule has 1 fully saturated rings. The van der Waals surface area contributed by atoms with Gasteiger partial charge < -0.3 is 4.90 Å². The minimum Gasteiger partial charge on any atom is -0.306 e. The average molecular weight is 169 g/mol. The fourth-order valence-electron chi connectivity index (χ4n) is 2.00. The number of Topliss-reactive ketones (excluding diaryl/α,β-unsaturated/α-hetero) is 1. The molecule has 0 radical (unpaired) electrons. The van der Waals surface area contributed by atoms with Crippen molar-refractivity contribution < 1.29 is 4.79 Å². The average Bonchev–Trinajstić information content (AvgIpc) is 2.04. The van der Waals surface area contributed by atoms with Gasteiger partial charge in [0.05, 0.1) is 0 Å². The zero-order valence-corrected chi connectivity index (χ0v) is 8.34. The molecular weight excluding hydrogens is 150 g/mol. The maximum Gasteiger partial charge on any atom is 0.132 e. The van der Waals surface area contributed by atoms with E-state index >= 15 is 0 Å². The number of ketones is 1. The Balaban J connectivity index is 2.46. The number of carbonyl (C=O) groups excluding carboxylic acids is 1. The molecule has 0 amide bonds. The second-order valence-electron chi connectivity index (χ2n) is 4.09. The van der Waals surface area contributed by atoms with Crippen molar-refractivity contribution in [1.29, 1.82) is 0 Å². The summed E-state index contributed by atoms with van der Waals surface area (Å²) in [5.41, 5.74) is 0. The van der Waals surface area contributed by atoms with Gasteiger partial charge >= 0.3 is 0 Å². The van der Waals surface area contributed by atoms with Crippen LogP contribution in [0, 0.1) is 5.92 Å². The molecule has 0 heterocycles. The van der Waals surface area contributed by atoms with Crippen molar-refractivity contribution in [2.45, 2.75) is 38.6 Å². The maximum absolute atomic E-state index is 11.1. The van der Waals surface area contributed by atoms with Crippen molar-refractivity contribution in [2.75, 3.05) is 14.1 Å². The van der Waals surface area contributed by atoms with Crippen molar-refractivity contribution in [3.8, 4) is 0 Å². The van der Waals surface area contributed by atoms with Crippen LogP contribution >= 0.6 is 0 Å². The summed E-state index contributed by atoms with van der Waals surface area (Å²) in [6.45, 7) is 1.72. The molecule has 2 atom stereocenters. The highest BCUT2D eigenvalue weighted by Crippen LogP contribution is 2.26. The molecule has 0 aromatic rings. The van der Waals surface area contributed by atoms with Gasteiger partial charge in [0.1, 0.15) is 5.78 Å². The first-order chi connectivity index (χ1) is 5.61. The van der Waals surface area contributed by atoms with Gasteiger partial charge in [-0.15, -0.1) is 0 Å². The summed E-state index contributed by atoms with van der Waals surface area (Å²) in [7, 11) is 4.21. The molecule has 0 aliphatic heterocycles. The smallest absolute Gasteiger partial charge is 0.132 e. The summed E-state index contributed by atoms with van der Waals surface area (Å²) in [4.78, 5) is 13.4. The third-order valence-electron chi connectivity index (χ3n) is 2.95. The molecule has 0 aromatic carbocycles. The van der Waals surface area contributed by atoms with Gasteiger partial charge in [-0.05, 0) is 40.3 Å². The van der Waals surface area contributed by atoms with Crippen LogP contribution in [0.2, 0.25) is 0 Å². The van der Waals surface area contributed by atoms with Gasteiger partial charge in [0, 0.05) is 12.0 Å². The Morgan fingerprint density at radius 1 is 1.33 bits per heavy atom. The molecule has 0 N–H and O–H groups in total. The second-order valence-corrected chi connectivity index (χ2v) is 4.09. The molecule has 1 rings (SSSR count). The highest BCUT2D eigenvalue weighted by atomic mass is 16.1. The lowest BCUT2D eigenvalue weighted by Gasteiger charge is -2.32. The lowest BCUT2D eigenvalue weighted by molar-refractivity contribution is -0.122. The lowest BCUT2D eigenvalue weighted by Crippen LogP contribution is -2.34. The third kappa shape index (κ3) is 2.31. The minimum atomic E-state index is 0.339. The van der Waals surface area contributed by atoms with Gasteiger partial charge in [-0.25, -0.2) is 0 Å². The van der Waals surface area contributed by atoms with Crippen LogP contribution in [0.3, 0.4) is 0 Å². The van der Waals surface area contributed by atoms with E-state index in [2.05, 4.69) is 19.0 Å². The summed E-state index contributed by atoms with van der Waals surface area (Å²) < 4.78 is 0. The van der Waals surface area contributed by atoms with Crippen LogP contribution in [0.1, 0.15) is 32.6 Å². The molecule has 2 heteroatoms. The van der Waals surface area contributed by atoms with Crippen LogP contribution in [-0.2, 0) is 4.79 Å². The molecule has 70 valence electrons. The predicted octanol–water partition coefficient (Wildman–Crippen LogP) is 1.70. The molecule has 2 nitrogen and oxygen atoms in total. The molecule has 0 bridgehead atoms. The molecule has 12 heavy (non-hydrogen) atoms. The highest BCUT2D eigenvalue weighted by Gasteiger charge is 2.25. The number of rotatable bonds is 2. The van der Waals surface area contributed by atoms with Gasteiger partial charge in [0.25, 0.3) is 0 Å². The minimum absolute atomic E-state index is 0.339. The van der Waals surface area contributed by atoms with Gasteiger partial charge in [0.2, 0.25) is 0 Å². The van der Waals surface area contributed by atoms with Crippen LogP contribution in [0.15, 0.2) is 0 Å². The molecule has 1 saturated carbocycles. The third-order valence-corrected chi connectivity index (χ3v) is 2.95. The zero-order valence-electron chi connectivity index (χ0n) is 8.34. The summed E-state index contributed by atoms with van der Waals surface area (Å²) in [6.07, 6.45) is 4.66. The van der Waals surface area contributed by atoms with Crippen LogP contribution in [0.5, 0.6) is 0 Å². The Hall–Kier alpha value is -0.370. The molecule has 0 saturated heterocycles. The Kier molecular flexibility index (Phi) is 3.27. The van der Waals surface area contributed by atoms with E-state index in [-0.39, 0.29) is 0 Å². The van der Waals surface area contributed by atoms with E-state index in [9.17, 15) is 4.79 Å². The van der Waals surface area contributed by atoms with E-state index in [1.54, 1.807) is 6.92 Å². The molecule has 2 unspecified atom stereocenters. The van der Waals surface area contributed by atoms with E-state index in [0.29, 0.717) is 17.7 Å². The van der Waals surface area contributed by atoms with Crippen molar-refractivity contribution in [3.63, 3.8) is 0 Å². The normalized spacial score (nSPS) is 30.7. The van der Waals surface area contributed by atoms with E-state index in [4.69, 9.17) is 0 Å². The molecular formula is C10H19NO. The second kappa shape index (κ2) is 4.04. The zero-order chi connectivity index (χ0) is 9.14. The fourth-order valence-corrected chi connectivity index (χ4v) is 2.00. The molecule has 0 aromatic heterocycles. The standard InChI is InChI=1S/C10H19NO/c1-8(12)9-5-4-6-10(7-9)11(2)3/h9-10H,4-7H2,1-3H3. The van der Waals surface area contributed by atoms with Gasteiger partial charge in [0.15, 0.2) is 0 Å². The van der Waals surface area contributed by atoms with Crippen molar-refractivity contribution in [3.05, 3.63) is 0 Å². The SMILES string of the molecule is CC(=O)C1CCCC(N(C)C)C1. The monoisotopic (exact) mass is 169 g/mol. The Morgan fingerprint density at radius 3 is 2.50 bits per heavy atom. The summed E-state index contributed by atoms with van der Waals surface area (Å²) in [5.74, 6) is 0.715. The van der Waals surface area contributed by atoms with Crippen molar-refractivity contribution in [2.24, 2.45) is 5.92 Å². The van der Waals surface area contributed by atoms with Crippen molar-refractivity contribution in [1.82, 2.24) is 4.90 Å². The van der Waals surface area contributed by atoms with E-state index in [1.165, 1.54) is 12.8 Å². The quantitative estimate of drug-likeness (QED) is 0.627. The molecule has 1 aliphatic carbocycles. The van der Waals surface area contributed by atoms with E-state index in [0.717, 1.165) is 12.8 Å². The van der Waals surface area contributed by atoms with Crippen LogP contribution in [-0.4, -0.2) is 30.8 Å². The van der Waals surface area contributed by atoms with Crippen LogP contribution < -0.4 is 0 Å². The fraction of sp³-hybridized carbons (Fsp3) is 0.900. The summed E-state index contributed by atoms with van der Waals surface area (Å²) in [6, 6.07) is 0.632. The van der Waals surface area contributed by atoms with Crippen molar-refractivity contribution >= 4 is 5.78 Å². The van der Waals surface area contributed by atoms with Crippen LogP contribution in [0.4, 0.5) is 0 Å². The number of hydrogen-bond acceptors (Lipinski definition) is 2. The Labute approximate surface area is 74.9 Å². The first-order valence-corrected chi connectivity index (χ1v) is 4.78. The molecule has 0 spiro atoms. The van der Waals surface area contributed by atoms with E-state index < -0.39 is 0 Å². The Bertz CT molecular complexity index is 165. The number of hydrogen-bond donors (Lipinski definition) is 0. The summed E-state index contributed by atoms with van der Waals surface area (Å²) >= 11 is 0. The van der Waals surface area contributed by atoms with Crippen LogP contribution in [0.25, 0.3) is 0 Å². The lowest BCUT2D eigenvalue weighted by atomic mass is 9.83. The topological polar surface area (TPSA) is 20.3 Å². The maximum atomic E-state index is 11.1. The van der Waals surface area contributed by atoms with Gasteiger partial charge in [-0.3, -0.25) is 4.79 Å². The van der Waals surface area contributed by atoms with Gasteiger partial charge in [-0.1, -0.05) is 6.42 Å².